The van der Waals surface area contributed by atoms with E-state index in [0.29, 0.717) is 11.4 Å². The molecule has 1 unspecified atom stereocenters. The van der Waals surface area contributed by atoms with Gasteiger partial charge in [-0.1, -0.05) is 31.2 Å². The van der Waals surface area contributed by atoms with Gasteiger partial charge in [0.25, 0.3) is 0 Å². The standard InChI is InChI=1S/C24H23N3O5S/c1-16(11-23(28)29)17-3-7-21(8-4-17)32-14-20-12-19(13-27-24(20)25-15-26-27)18-5-9-22(10-6-18)33(2,30)31/h3-10,12-13,15-16H,11,14H2,1-2H3,(H,28,29). The Morgan fingerprint density at radius 1 is 1.09 bits per heavy atom. The average molecular weight is 466 g/mol. The van der Waals surface area contributed by atoms with E-state index in [1.165, 1.54) is 12.6 Å². The Hall–Kier alpha value is -3.72. The zero-order valence-corrected chi connectivity index (χ0v) is 19.0. The third kappa shape index (κ3) is 5.20. The van der Waals surface area contributed by atoms with E-state index in [4.69, 9.17) is 9.84 Å². The number of aliphatic carboxylic acids is 1. The number of rotatable bonds is 8. The molecule has 0 saturated carbocycles. The summed E-state index contributed by atoms with van der Waals surface area (Å²) in [6.45, 7) is 2.13. The van der Waals surface area contributed by atoms with Gasteiger partial charge in [-0.25, -0.2) is 17.9 Å². The molecule has 0 bridgehead atoms. The van der Waals surface area contributed by atoms with Crippen molar-refractivity contribution in [3.05, 3.63) is 78.2 Å². The number of ether oxygens (including phenoxy) is 1. The summed E-state index contributed by atoms with van der Waals surface area (Å²) < 4.78 is 31.1. The van der Waals surface area contributed by atoms with Crippen LogP contribution in [0.3, 0.4) is 0 Å². The van der Waals surface area contributed by atoms with E-state index < -0.39 is 15.8 Å². The number of benzene rings is 2. The highest BCUT2D eigenvalue weighted by Gasteiger charge is 2.13. The highest BCUT2D eigenvalue weighted by Crippen LogP contribution is 2.26. The molecule has 4 aromatic rings. The summed E-state index contributed by atoms with van der Waals surface area (Å²) in [4.78, 5) is 15.5. The first kappa shape index (κ1) is 22.5. The monoisotopic (exact) mass is 465 g/mol. The van der Waals surface area contributed by atoms with Gasteiger partial charge in [-0.3, -0.25) is 4.79 Å². The predicted molar refractivity (Wildman–Crippen MR) is 123 cm³/mol. The van der Waals surface area contributed by atoms with E-state index >= 15 is 0 Å². The molecule has 170 valence electrons. The van der Waals surface area contributed by atoms with Gasteiger partial charge in [0.2, 0.25) is 0 Å². The zero-order valence-electron chi connectivity index (χ0n) is 18.2. The number of hydrogen-bond donors (Lipinski definition) is 1. The number of carbonyl (C=O) groups is 1. The number of hydrogen-bond acceptors (Lipinski definition) is 6. The Labute approximate surface area is 191 Å². The van der Waals surface area contributed by atoms with Crippen molar-refractivity contribution in [2.45, 2.75) is 30.8 Å². The smallest absolute Gasteiger partial charge is 0.303 e. The van der Waals surface area contributed by atoms with Crippen molar-refractivity contribution in [3.8, 4) is 16.9 Å². The molecular formula is C24H23N3O5S. The molecule has 0 spiro atoms. The van der Waals surface area contributed by atoms with E-state index in [1.807, 2.05) is 43.5 Å². The first-order chi connectivity index (χ1) is 15.7. The van der Waals surface area contributed by atoms with Crippen LogP contribution in [-0.4, -0.2) is 40.3 Å². The number of fused-ring (bicyclic) bond motifs is 1. The Kier molecular flexibility index (Phi) is 6.15. The van der Waals surface area contributed by atoms with Gasteiger partial charge in [0.05, 0.1) is 11.3 Å². The van der Waals surface area contributed by atoms with Crippen LogP contribution < -0.4 is 4.74 Å². The van der Waals surface area contributed by atoms with Crippen LogP contribution in [0.5, 0.6) is 5.75 Å². The molecule has 0 radical (unpaired) electrons. The summed E-state index contributed by atoms with van der Waals surface area (Å²) in [5, 5.41) is 13.2. The van der Waals surface area contributed by atoms with Gasteiger partial charge >= 0.3 is 5.97 Å². The molecule has 2 aromatic carbocycles. The van der Waals surface area contributed by atoms with E-state index in [2.05, 4.69) is 10.1 Å². The molecule has 1 atom stereocenters. The average Bonchev–Trinajstić information content (AvgIpc) is 3.26. The third-order valence-electron chi connectivity index (χ3n) is 5.39. The number of aromatic nitrogens is 3. The number of carboxylic acid groups (broad SMARTS) is 1. The zero-order chi connectivity index (χ0) is 23.6. The summed E-state index contributed by atoms with van der Waals surface area (Å²) in [5.74, 6) is -0.259. The van der Waals surface area contributed by atoms with E-state index in [0.717, 1.165) is 22.3 Å². The van der Waals surface area contributed by atoms with Crippen LogP contribution in [0.2, 0.25) is 0 Å². The largest absolute Gasteiger partial charge is 0.489 e. The Bertz CT molecular complexity index is 1390. The van der Waals surface area contributed by atoms with Crippen molar-refractivity contribution >= 4 is 21.5 Å². The van der Waals surface area contributed by atoms with Crippen LogP contribution in [0.25, 0.3) is 16.8 Å². The van der Waals surface area contributed by atoms with Crippen LogP contribution in [0.15, 0.2) is 72.0 Å². The Balaban J connectivity index is 1.56. The Morgan fingerprint density at radius 3 is 2.42 bits per heavy atom. The molecule has 2 aromatic heterocycles. The van der Waals surface area contributed by atoms with Gasteiger partial charge in [0.1, 0.15) is 18.7 Å². The molecule has 0 fully saturated rings. The lowest BCUT2D eigenvalue weighted by Gasteiger charge is -2.12. The summed E-state index contributed by atoms with van der Waals surface area (Å²) in [6.07, 6.45) is 4.55. The summed E-state index contributed by atoms with van der Waals surface area (Å²) >= 11 is 0. The number of pyridine rings is 1. The number of carboxylic acids is 1. The fraction of sp³-hybridized carbons (Fsp3) is 0.208. The maximum Gasteiger partial charge on any atom is 0.303 e. The quantitative estimate of drug-likeness (QED) is 0.419. The fourth-order valence-electron chi connectivity index (χ4n) is 3.59. The molecule has 9 heteroatoms. The normalized spacial score (nSPS) is 12.5. The maximum atomic E-state index is 11.7. The fourth-order valence-corrected chi connectivity index (χ4v) is 4.22. The van der Waals surface area contributed by atoms with Crippen molar-refractivity contribution < 1.29 is 23.1 Å². The van der Waals surface area contributed by atoms with Gasteiger partial charge < -0.3 is 9.84 Å². The molecule has 1 N–H and O–H groups in total. The van der Waals surface area contributed by atoms with Crippen molar-refractivity contribution in [1.82, 2.24) is 14.6 Å². The second kappa shape index (κ2) is 9.03. The molecule has 4 rings (SSSR count). The molecule has 0 saturated heterocycles. The summed E-state index contributed by atoms with van der Waals surface area (Å²) in [7, 11) is -3.27. The van der Waals surface area contributed by atoms with Crippen LogP contribution in [-0.2, 0) is 21.2 Å². The highest BCUT2D eigenvalue weighted by molar-refractivity contribution is 7.90. The van der Waals surface area contributed by atoms with Crippen LogP contribution in [0.4, 0.5) is 0 Å². The number of sulfone groups is 1. The number of nitrogens with zero attached hydrogens (tertiary/aromatic N) is 3. The minimum Gasteiger partial charge on any atom is -0.489 e. The molecule has 33 heavy (non-hydrogen) atoms. The van der Waals surface area contributed by atoms with Crippen molar-refractivity contribution in [1.29, 1.82) is 0 Å². The van der Waals surface area contributed by atoms with E-state index in [1.54, 1.807) is 28.8 Å². The summed E-state index contributed by atoms with van der Waals surface area (Å²) in [6, 6.07) is 16.0. The van der Waals surface area contributed by atoms with Crippen molar-refractivity contribution in [3.63, 3.8) is 0 Å². The predicted octanol–water partition coefficient (Wildman–Crippen LogP) is 3.96. The van der Waals surface area contributed by atoms with Gasteiger partial charge in [-0.05, 0) is 47.4 Å². The van der Waals surface area contributed by atoms with Gasteiger partial charge in [0, 0.05) is 23.6 Å². The molecule has 2 heterocycles. The van der Waals surface area contributed by atoms with Crippen LogP contribution in [0.1, 0.15) is 30.4 Å². The second-order valence-electron chi connectivity index (χ2n) is 7.94. The molecule has 0 aliphatic heterocycles. The first-order valence-electron chi connectivity index (χ1n) is 10.3. The first-order valence-corrected chi connectivity index (χ1v) is 12.2. The maximum absolute atomic E-state index is 11.7. The highest BCUT2D eigenvalue weighted by atomic mass is 32.2. The molecular weight excluding hydrogens is 442 g/mol. The van der Waals surface area contributed by atoms with Gasteiger partial charge in [-0.15, -0.1) is 0 Å². The minimum atomic E-state index is -3.27. The van der Waals surface area contributed by atoms with Crippen molar-refractivity contribution in [2.24, 2.45) is 0 Å². The topological polar surface area (TPSA) is 111 Å². The molecule has 0 aliphatic carbocycles. The van der Waals surface area contributed by atoms with Crippen LogP contribution >= 0.6 is 0 Å². The summed E-state index contributed by atoms with van der Waals surface area (Å²) in [5.41, 5.74) is 4.12. The van der Waals surface area contributed by atoms with Gasteiger partial charge in [0.15, 0.2) is 15.5 Å². The molecule has 0 aliphatic rings. The second-order valence-corrected chi connectivity index (χ2v) is 9.95. The third-order valence-corrected chi connectivity index (χ3v) is 6.52. The molecule has 0 amide bonds. The molecule has 8 nitrogen and oxygen atoms in total. The lowest BCUT2D eigenvalue weighted by atomic mass is 9.98. The minimum absolute atomic E-state index is 0.0724. The lowest BCUT2D eigenvalue weighted by molar-refractivity contribution is -0.137. The lowest BCUT2D eigenvalue weighted by Crippen LogP contribution is -2.03. The van der Waals surface area contributed by atoms with Gasteiger partial charge in [-0.2, -0.15) is 5.10 Å². The van der Waals surface area contributed by atoms with E-state index in [-0.39, 0.29) is 23.8 Å². The van der Waals surface area contributed by atoms with E-state index in [9.17, 15) is 13.2 Å². The SMILES string of the molecule is CC(CC(=O)O)c1ccc(OCc2cc(-c3ccc(S(C)(=O)=O)cc3)cn3ncnc23)cc1. The Morgan fingerprint density at radius 2 is 1.79 bits per heavy atom. The van der Waals surface area contributed by atoms with Crippen LogP contribution in [0, 0.1) is 0 Å². The van der Waals surface area contributed by atoms with Crippen molar-refractivity contribution in [2.75, 3.05) is 6.26 Å².